The number of allylic oxidation sites excluding steroid dienone is 1. The summed E-state index contributed by atoms with van der Waals surface area (Å²) in [5.74, 6) is -0.155. The number of hydrogen-bond donors (Lipinski definition) is 3. The summed E-state index contributed by atoms with van der Waals surface area (Å²) in [6.07, 6.45) is 1.93. The van der Waals surface area contributed by atoms with Crippen molar-refractivity contribution < 1.29 is 4.79 Å². The van der Waals surface area contributed by atoms with E-state index in [4.69, 9.17) is 11.5 Å². The zero-order valence-corrected chi connectivity index (χ0v) is 14.0. The largest absolute Gasteiger partial charge is 0.402 e. The Morgan fingerprint density at radius 2 is 1.92 bits per heavy atom. The van der Waals surface area contributed by atoms with Gasteiger partial charge in [0.05, 0.1) is 23.3 Å². The summed E-state index contributed by atoms with van der Waals surface area (Å²) in [7, 11) is 0. The highest BCUT2D eigenvalue weighted by Gasteiger charge is 2.10. The first-order chi connectivity index (χ1) is 12.0. The molecule has 0 bridgehead atoms. The van der Waals surface area contributed by atoms with Gasteiger partial charge in [0, 0.05) is 22.3 Å². The maximum Gasteiger partial charge on any atom is 0.230 e. The lowest BCUT2D eigenvalue weighted by Crippen LogP contribution is -2.16. The second-order valence-electron chi connectivity index (χ2n) is 5.92. The molecule has 2 aromatic carbocycles. The first-order valence-electron chi connectivity index (χ1n) is 8.00. The van der Waals surface area contributed by atoms with E-state index in [1.807, 2.05) is 36.4 Å². The zero-order valence-electron chi connectivity index (χ0n) is 14.0. The number of nitrogens with zero attached hydrogens (tertiary/aromatic N) is 1. The topological polar surface area (TPSA) is 94.0 Å². The molecule has 5 nitrogen and oxygen atoms in total. The van der Waals surface area contributed by atoms with Crippen molar-refractivity contribution in [3.05, 3.63) is 71.6 Å². The van der Waals surface area contributed by atoms with Crippen molar-refractivity contribution in [2.45, 2.75) is 13.3 Å². The number of hydrogen-bond acceptors (Lipinski definition) is 4. The summed E-state index contributed by atoms with van der Waals surface area (Å²) >= 11 is 0. The van der Waals surface area contributed by atoms with Crippen LogP contribution in [0, 0.1) is 0 Å². The van der Waals surface area contributed by atoms with Crippen LogP contribution in [0.4, 0.5) is 11.4 Å². The van der Waals surface area contributed by atoms with Gasteiger partial charge in [-0.15, -0.1) is 0 Å². The summed E-state index contributed by atoms with van der Waals surface area (Å²) in [6.45, 7) is 1.77. The maximum absolute atomic E-state index is 12.4. The highest BCUT2D eigenvalue weighted by Crippen LogP contribution is 2.24. The lowest BCUT2D eigenvalue weighted by atomic mass is 10.1. The molecule has 0 aliphatic rings. The molecule has 0 atom stereocenters. The molecule has 0 saturated carbocycles. The van der Waals surface area contributed by atoms with Crippen molar-refractivity contribution in [1.29, 1.82) is 0 Å². The van der Waals surface area contributed by atoms with Crippen LogP contribution >= 0.6 is 0 Å². The number of aromatic nitrogens is 1. The Morgan fingerprint density at radius 1 is 1.12 bits per heavy atom. The molecule has 1 amide bonds. The molecular formula is C20H20N4O. The number of rotatable bonds is 4. The van der Waals surface area contributed by atoms with Gasteiger partial charge in [0.15, 0.2) is 0 Å². The second kappa shape index (κ2) is 7.05. The van der Waals surface area contributed by atoms with Crippen LogP contribution in [0.2, 0.25) is 0 Å². The van der Waals surface area contributed by atoms with Crippen molar-refractivity contribution in [2.75, 3.05) is 11.1 Å². The number of carbonyl (C=O) groups is 1. The van der Waals surface area contributed by atoms with Crippen molar-refractivity contribution in [2.24, 2.45) is 5.73 Å². The molecule has 25 heavy (non-hydrogen) atoms. The van der Waals surface area contributed by atoms with Crippen molar-refractivity contribution in [3.8, 4) is 0 Å². The summed E-state index contributed by atoms with van der Waals surface area (Å²) in [5, 5.41) is 3.94. The van der Waals surface area contributed by atoms with Crippen LogP contribution in [0.5, 0.6) is 0 Å². The molecule has 5 N–H and O–H groups in total. The molecule has 3 rings (SSSR count). The number of anilines is 2. The Hall–Kier alpha value is -3.34. The molecular weight excluding hydrogens is 312 g/mol. The molecule has 0 saturated heterocycles. The quantitative estimate of drug-likeness (QED) is 0.639. The minimum atomic E-state index is -0.155. The highest BCUT2D eigenvalue weighted by molar-refractivity contribution is 5.96. The van der Waals surface area contributed by atoms with Crippen LogP contribution < -0.4 is 16.8 Å². The molecule has 0 spiro atoms. The third-order valence-corrected chi connectivity index (χ3v) is 3.78. The molecule has 0 aliphatic heterocycles. The number of nitrogens with one attached hydrogen (secondary N) is 1. The van der Waals surface area contributed by atoms with Gasteiger partial charge in [-0.05, 0) is 37.3 Å². The zero-order chi connectivity index (χ0) is 17.8. The lowest BCUT2D eigenvalue weighted by Gasteiger charge is -2.11. The predicted octanol–water partition coefficient (Wildman–Crippen LogP) is 3.32. The fraction of sp³-hybridized carbons (Fsp3) is 0.100. The Bertz CT molecular complexity index is 959. The van der Waals surface area contributed by atoms with Crippen LogP contribution in [-0.4, -0.2) is 10.9 Å². The average molecular weight is 332 g/mol. The first-order valence-corrected chi connectivity index (χ1v) is 8.00. The third-order valence-electron chi connectivity index (χ3n) is 3.78. The van der Waals surface area contributed by atoms with Crippen LogP contribution in [-0.2, 0) is 11.2 Å². The van der Waals surface area contributed by atoms with Gasteiger partial charge < -0.3 is 16.8 Å². The Labute approximate surface area is 146 Å². The number of fused-ring (bicyclic) bond motifs is 1. The molecule has 126 valence electrons. The molecule has 3 aromatic rings. The minimum Gasteiger partial charge on any atom is -0.402 e. The molecule has 1 heterocycles. The molecule has 0 fully saturated rings. The van der Waals surface area contributed by atoms with Gasteiger partial charge in [-0.25, -0.2) is 0 Å². The van der Waals surface area contributed by atoms with Crippen molar-refractivity contribution >= 4 is 34.3 Å². The number of nitrogens with two attached hydrogens (primary N) is 2. The highest BCUT2D eigenvalue weighted by atomic mass is 16.1. The summed E-state index contributed by atoms with van der Waals surface area (Å²) in [4.78, 5) is 17.0. The van der Waals surface area contributed by atoms with E-state index in [-0.39, 0.29) is 12.3 Å². The third kappa shape index (κ3) is 3.95. The Balaban J connectivity index is 1.80. The van der Waals surface area contributed by atoms with Crippen LogP contribution in [0.3, 0.4) is 0 Å². The van der Waals surface area contributed by atoms with Crippen LogP contribution in [0.1, 0.15) is 18.2 Å². The SMILES string of the molecule is C/C(N)=C/c1c(N)cccc1NC(=O)Cc1ccc2ccccc2n1. The number of pyridine rings is 1. The number of amides is 1. The Morgan fingerprint density at radius 3 is 2.72 bits per heavy atom. The van der Waals surface area contributed by atoms with E-state index >= 15 is 0 Å². The number of nitrogen functional groups attached to an aromatic ring is 1. The van der Waals surface area contributed by atoms with E-state index in [0.29, 0.717) is 28.3 Å². The van der Waals surface area contributed by atoms with Crippen molar-refractivity contribution in [3.63, 3.8) is 0 Å². The predicted molar refractivity (Wildman–Crippen MR) is 103 cm³/mol. The first kappa shape index (κ1) is 16.5. The van der Waals surface area contributed by atoms with Gasteiger partial charge in [0.25, 0.3) is 0 Å². The van der Waals surface area contributed by atoms with E-state index in [2.05, 4.69) is 10.3 Å². The summed E-state index contributed by atoms with van der Waals surface area (Å²) in [5.41, 5.74) is 15.9. The van der Waals surface area contributed by atoms with Gasteiger partial charge >= 0.3 is 0 Å². The number of para-hydroxylation sites is 1. The number of benzene rings is 2. The lowest BCUT2D eigenvalue weighted by molar-refractivity contribution is -0.115. The molecule has 5 heteroatoms. The summed E-state index contributed by atoms with van der Waals surface area (Å²) < 4.78 is 0. The molecule has 0 unspecified atom stereocenters. The van der Waals surface area contributed by atoms with E-state index in [0.717, 1.165) is 10.9 Å². The normalized spacial score (nSPS) is 11.5. The number of carbonyl (C=O) groups excluding carboxylic acids is 1. The minimum absolute atomic E-state index is 0.155. The van der Waals surface area contributed by atoms with Gasteiger partial charge in [0.2, 0.25) is 5.91 Å². The van der Waals surface area contributed by atoms with Gasteiger partial charge in [-0.2, -0.15) is 0 Å². The fourth-order valence-corrected chi connectivity index (χ4v) is 2.65. The van der Waals surface area contributed by atoms with Gasteiger partial charge in [-0.1, -0.05) is 30.3 Å². The molecule has 0 aliphatic carbocycles. The van der Waals surface area contributed by atoms with E-state index < -0.39 is 0 Å². The van der Waals surface area contributed by atoms with Crippen molar-refractivity contribution in [1.82, 2.24) is 4.98 Å². The second-order valence-corrected chi connectivity index (χ2v) is 5.92. The van der Waals surface area contributed by atoms with E-state index in [1.165, 1.54) is 0 Å². The van der Waals surface area contributed by atoms with E-state index in [1.54, 1.807) is 31.2 Å². The Kier molecular flexibility index (Phi) is 4.66. The monoisotopic (exact) mass is 332 g/mol. The fourth-order valence-electron chi connectivity index (χ4n) is 2.65. The van der Waals surface area contributed by atoms with Crippen LogP contribution in [0.25, 0.3) is 17.0 Å². The smallest absolute Gasteiger partial charge is 0.230 e. The molecule has 0 radical (unpaired) electrons. The standard InChI is InChI=1S/C20H20N4O/c1-13(21)11-16-17(22)6-4-8-19(16)24-20(25)12-15-10-9-14-5-2-3-7-18(14)23-15/h2-11H,12,21-22H2,1H3,(H,24,25)/b13-11-. The van der Waals surface area contributed by atoms with E-state index in [9.17, 15) is 4.79 Å². The average Bonchev–Trinajstić information content (AvgIpc) is 2.57. The van der Waals surface area contributed by atoms with Gasteiger partial charge in [-0.3, -0.25) is 9.78 Å². The van der Waals surface area contributed by atoms with Gasteiger partial charge in [0.1, 0.15) is 0 Å². The molecule has 1 aromatic heterocycles. The van der Waals surface area contributed by atoms with Crippen LogP contribution in [0.15, 0.2) is 60.3 Å². The summed E-state index contributed by atoms with van der Waals surface area (Å²) in [6, 6.07) is 17.0. The maximum atomic E-state index is 12.4.